The lowest BCUT2D eigenvalue weighted by Gasteiger charge is -2.33. The van der Waals surface area contributed by atoms with Crippen LogP contribution in [0.2, 0.25) is 0 Å². The molecule has 0 radical (unpaired) electrons. The number of nitrogens with one attached hydrogen (secondary N) is 1. The van der Waals surface area contributed by atoms with Crippen molar-refractivity contribution in [1.82, 2.24) is 14.8 Å². The van der Waals surface area contributed by atoms with Gasteiger partial charge in [-0.05, 0) is 49.0 Å². The molecule has 6 nitrogen and oxygen atoms in total. The van der Waals surface area contributed by atoms with Crippen LogP contribution in [-0.4, -0.2) is 26.4 Å². The molecule has 2 aliphatic rings. The van der Waals surface area contributed by atoms with E-state index in [1.165, 1.54) is 23.1 Å². The number of anilines is 1. The molecule has 0 bridgehead atoms. The lowest BCUT2D eigenvalue weighted by Crippen LogP contribution is -2.26. The first-order chi connectivity index (χ1) is 14.4. The fraction of sp³-hybridized carbons (Fsp3) is 0.636. The van der Waals surface area contributed by atoms with Gasteiger partial charge in [0.1, 0.15) is 16.9 Å². The molecule has 1 aliphatic heterocycles. The van der Waals surface area contributed by atoms with Crippen molar-refractivity contribution in [3.63, 3.8) is 0 Å². The highest BCUT2D eigenvalue weighted by Crippen LogP contribution is 2.44. The summed E-state index contributed by atoms with van der Waals surface area (Å²) < 4.78 is 2.15. The molecular weight excluding hydrogens is 414 g/mol. The maximum absolute atomic E-state index is 12.7. The van der Waals surface area contributed by atoms with E-state index in [4.69, 9.17) is 0 Å². The summed E-state index contributed by atoms with van der Waals surface area (Å²) >= 11 is 3.02. The Labute approximate surface area is 186 Å². The van der Waals surface area contributed by atoms with E-state index in [-0.39, 0.29) is 17.1 Å². The topological polar surface area (TPSA) is 83.6 Å². The van der Waals surface area contributed by atoms with Gasteiger partial charge in [0.15, 0.2) is 5.16 Å². The number of amides is 1. The predicted octanol–water partition coefficient (Wildman–Crippen LogP) is 4.82. The van der Waals surface area contributed by atoms with Gasteiger partial charge in [0.25, 0.3) is 0 Å². The van der Waals surface area contributed by atoms with Crippen molar-refractivity contribution < 1.29 is 4.79 Å². The summed E-state index contributed by atoms with van der Waals surface area (Å²) in [6, 6.07) is 2.34. The quantitative estimate of drug-likeness (QED) is 0.685. The SMILES string of the molecule is CC(C)(C)[C@H]1CCc2c(sc(NC(=O)CSc3nnc4n3CCCCC4)c2C#N)C1. The van der Waals surface area contributed by atoms with Gasteiger partial charge in [-0.2, -0.15) is 5.26 Å². The number of aromatic nitrogens is 3. The Kier molecular flexibility index (Phi) is 6.21. The van der Waals surface area contributed by atoms with Crippen LogP contribution in [0.25, 0.3) is 0 Å². The van der Waals surface area contributed by atoms with E-state index in [9.17, 15) is 10.1 Å². The summed E-state index contributed by atoms with van der Waals surface area (Å²) in [6.45, 7) is 7.78. The van der Waals surface area contributed by atoms with Crippen molar-refractivity contribution in [2.45, 2.75) is 77.4 Å². The molecule has 2 aromatic heterocycles. The monoisotopic (exact) mass is 443 g/mol. The predicted molar refractivity (Wildman–Crippen MR) is 121 cm³/mol. The summed E-state index contributed by atoms with van der Waals surface area (Å²) in [6.07, 6.45) is 7.47. The van der Waals surface area contributed by atoms with Gasteiger partial charge in [-0.25, -0.2) is 0 Å². The molecule has 8 heteroatoms. The molecule has 4 rings (SSSR count). The Bertz CT molecular complexity index is 979. The van der Waals surface area contributed by atoms with Crippen LogP contribution in [0, 0.1) is 22.7 Å². The van der Waals surface area contributed by atoms with Gasteiger partial charge in [-0.15, -0.1) is 21.5 Å². The van der Waals surface area contributed by atoms with Crippen molar-refractivity contribution in [2.75, 3.05) is 11.1 Å². The number of hydrogen-bond donors (Lipinski definition) is 1. The van der Waals surface area contributed by atoms with Gasteiger partial charge >= 0.3 is 0 Å². The Morgan fingerprint density at radius 2 is 2.13 bits per heavy atom. The van der Waals surface area contributed by atoms with E-state index in [1.54, 1.807) is 11.3 Å². The number of carbonyl (C=O) groups excluding carboxylic acids is 1. The first-order valence-corrected chi connectivity index (χ1v) is 12.6. The van der Waals surface area contributed by atoms with E-state index < -0.39 is 0 Å². The normalized spacial score (nSPS) is 18.8. The fourth-order valence-electron chi connectivity index (χ4n) is 4.39. The number of nitriles is 1. The van der Waals surface area contributed by atoms with E-state index in [0.29, 0.717) is 16.5 Å². The fourth-order valence-corrected chi connectivity index (χ4v) is 6.47. The van der Waals surface area contributed by atoms with Gasteiger partial charge in [-0.1, -0.05) is 39.0 Å². The second kappa shape index (κ2) is 8.72. The molecule has 1 aliphatic carbocycles. The zero-order valence-corrected chi connectivity index (χ0v) is 19.6. The number of thioether (sulfide) groups is 1. The summed E-state index contributed by atoms with van der Waals surface area (Å²) in [5.41, 5.74) is 2.07. The minimum Gasteiger partial charge on any atom is -0.316 e. The number of aryl methyl sites for hydroxylation is 1. The highest BCUT2D eigenvalue weighted by Gasteiger charge is 2.32. The van der Waals surface area contributed by atoms with E-state index in [0.717, 1.165) is 61.6 Å². The van der Waals surface area contributed by atoms with E-state index >= 15 is 0 Å². The number of hydrogen-bond acceptors (Lipinski definition) is 6. The third-order valence-electron chi connectivity index (χ3n) is 6.26. The number of thiophene rings is 1. The average Bonchev–Trinajstić information content (AvgIpc) is 3.16. The van der Waals surface area contributed by atoms with Gasteiger partial charge < -0.3 is 9.88 Å². The van der Waals surface area contributed by atoms with Gasteiger partial charge in [0.2, 0.25) is 5.91 Å². The van der Waals surface area contributed by atoms with Crippen molar-refractivity contribution in [1.29, 1.82) is 5.26 Å². The minimum atomic E-state index is -0.0894. The van der Waals surface area contributed by atoms with Crippen LogP contribution in [0.1, 0.15) is 68.3 Å². The number of fused-ring (bicyclic) bond motifs is 2. The molecule has 0 unspecified atom stereocenters. The highest BCUT2D eigenvalue weighted by atomic mass is 32.2. The number of carbonyl (C=O) groups is 1. The maximum atomic E-state index is 12.7. The third kappa shape index (κ3) is 4.42. The molecule has 0 fully saturated rings. The summed E-state index contributed by atoms with van der Waals surface area (Å²) in [5, 5.41) is 22.8. The van der Waals surface area contributed by atoms with Gasteiger partial charge in [-0.3, -0.25) is 4.79 Å². The highest BCUT2D eigenvalue weighted by molar-refractivity contribution is 7.99. The molecule has 2 aromatic rings. The number of nitrogens with zero attached hydrogens (tertiary/aromatic N) is 4. The van der Waals surface area contributed by atoms with Gasteiger partial charge in [0.05, 0.1) is 11.3 Å². The first-order valence-electron chi connectivity index (χ1n) is 10.8. The maximum Gasteiger partial charge on any atom is 0.235 e. The second-order valence-electron chi connectivity index (χ2n) is 9.32. The molecule has 1 amide bonds. The van der Waals surface area contributed by atoms with Crippen molar-refractivity contribution in [3.8, 4) is 6.07 Å². The standard InChI is InChI=1S/C22H29N5OS2/c1-22(2,3)14-8-9-15-16(12-23)20(30-17(15)11-14)24-19(28)13-29-21-26-25-18-7-5-4-6-10-27(18)21/h14H,4-11,13H2,1-3H3,(H,24,28)/t14-/m0/s1. The van der Waals surface area contributed by atoms with Gasteiger partial charge in [0, 0.05) is 17.8 Å². The molecule has 30 heavy (non-hydrogen) atoms. The average molecular weight is 444 g/mol. The Hall–Kier alpha value is -1.85. The minimum absolute atomic E-state index is 0.0894. The second-order valence-corrected chi connectivity index (χ2v) is 11.4. The Balaban J connectivity index is 1.43. The number of rotatable bonds is 4. The third-order valence-corrected chi connectivity index (χ3v) is 8.40. The molecular formula is C22H29N5OS2. The van der Waals surface area contributed by atoms with Crippen LogP contribution >= 0.6 is 23.1 Å². The van der Waals surface area contributed by atoms with E-state index in [1.807, 2.05) is 0 Å². The Morgan fingerprint density at radius 3 is 2.90 bits per heavy atom. The molecule has 1 atom stereocenters. The van der Waals surface area contributed by atoms with Crippen LogP contribution in [0.4, 0.5) is 5.00 Å². The van der Waals surface area contributed by atoms with Crippen LogP contribution in [0.3, 0.4) is 0 Å². The summed E-state index contributed by atoms with van der Waals surface area (Å²) in [4.78, 5) is 13.9. The first kappa shape index (κ1) is 21.4. The zero-order chi connectivity index (χ0) is 21.3. The van der Waals surface area contributed by atoms with Crippen LogP contribution in [-0.2, 0) is 30.6 Å². The van der Waals surface area contributed by atoms with Crippen molar-refractivity contribution >= 4 is 34.0 Å². The molecule has 0 spiro atoms. The lowest BCUT2D eigenvalue weighted by atomic mass is 9.72. The van der Waals surface area contributed by atoms with Crippen molar-refractivity contribution in [3.05, 3.63) is 21.8 Å². The lowest BCUT2D eigenvalue weighted by molar-refractivity contribution is -0.113. The largest absolute Gasteiger partial charge is 0.316 e. The van der Waals surface area contributed by atoms with E-state index in [2.05, 4.69) is 46.9 Å². The summed E-state index contributed by atoms with van der Waals surface area (Å²) in [7, 11) is 0. The zero-order valence-electron chi connectivity index (χ0n) is 18.0. The summed E-state index contributed by atoms with van der Waals surface area (Å²) in [5.74, 6) is 1.82. The molecule has 1 N–H and O–H groups in total. The van der Waals surface area contributed by atoms with Crippen LogP contribution < -0.4 is 5.32 Å². The smallest absolute Gasteiger partial charge is 0.235 e. The molecule has 0 saturated carbocycles. The molecule has 0 aromatic carbocycles. The van der Waals surface area contributed by atoms with Crippen molar-refractivity contribution in [2.24, 2.45) is 11.3 Å². The molecule has 0 saturated heterocycles. The van der Waals surface area contributed by atoms with Crippen LogP contribution in [0.5, 0.6) is 0 Å². The Morgan fingerprint density at radius 1 is 1.30 bits per heavy atom. The van der Waals surface area contributed by atoms with Crippen LogP contribution in [0.15, 0.2) is 5.16 Å². The molecule has 160 valence electrons. The molecule has 3 heterocycles.